The maximum Gasteiger partial charge on any atom is 0.212 e. The molecule has 0 amide bonds. The largest absolute Gasteiger partial charge is 0.358 e. The van der Waals surface area contributed by atoms with Gasteiger partial charge in [-0.3, -0.25) is 10.2 Å². The molecule has 72 valence electrons. The Kier molecular flexibility index (Phi) is 4.66. The lowest BCUT2D eigenvalue weighted by Crippen LogP contribution is -2.34. The predicted molar refractivity (Wildman–Crippen MR) is 49.9 cm³/mol. The second kappa shape index (κ2) is 4.98. The smallest absolute Gasteiger partial charge is 0.212 e. The van der Waals surface area contributed by atoms with Crippen molar-refractivity contribution in [3.8, 4) is 0 Å². The molecule has 0 saturated carbocycles. The van der Waals surface area contributed by atoms with E-state index in [9.17, 15) is 0 Å². The maximum atomic E-state index is 7.12. The maximum absolute atomic E-state index is 7.12. The first-order valence-corrected chi connectivity index (χ1v) is 4.10. The van der Waals surface area contributed by atoms with E-state index in [1.165, 1.54) is 0 Å². The van der Waals surface area contributed by atoms with Crippen LogP contribution in [-0.2, 0) is 4.84 Å². The van der Waals surface area contributed by atoms with Crippen LogP contribution in [0.25, 0.3) is 0 Å². The molecule has 0 atom stereocenters. The summed E-state index contributed by atoms with van der Waals surface area (Å²) in [6, 6.07) is 0. The van der Waals surface area contributed by atoms with Gasteiger partial charge in [-0.2, -0.15) is 0 Å². The van der Waals surface area contributed by atoms with Gasteiger partial charge in [-0.1, -0.05) is 20.8 Å². The fourth-order valence-electron chi connectivity index (χ4n) is 0.531. The van der Waals surface area contributed by atoms with Gasteiger partial charge in [0.25, 0.3) is 0 Å². The van der Waals surface area contributed by atoms with Crippen LogP contribution in [0.15, 0.2) is 0 Å². The summed E-state index contributed by atoms with van der Waals surface area (Å²) in [7, 11) is 1.67. The molecule has 0 spiro atoms. The summed E-state index contributed by atoms with van der Waals surface area (Å²) in [5.41, 5.74) is 2.76. The molecule has 0 aromatic heterocycles. The average molecular weight is 173 g/mol. The van der Waals surface area contributed by atoms with Crippen LogP contribution in [0, 0.1) is 10.8 Å². The summed E-state index contributed by atoms with van der Waals surface area (Å²) in [6.45, 7) is 7.08. The van der Waals surface area contributed by atoms with Crippen LogP contribution in [0.3, 0.4) is 0 Å². The van der Waals surface area contributed by atoms with Crippen molar-refractivity contribution in [2.75, 3.05) is 13.7 Å². The Morgan fingerprint density at radius 2 is 2.00 bits per heavy atom. The highest BCUT2D eigenvalue weighted by atomic mass is 16.6. The van der Waals surface area contributed by atoms with E-state index < -0.39 is 0 Å². The molecule has 0 aliphatic heterocycles. The van der Waals surface area contributed by atoms with Gasteiger partial charge in [-0.25, -0.2) is 5.48 Å². The van der Waals surface area contributed by atoms with Gasteiger partial charge in [0, 0.05) is 7.05 Å². The standard InChI is InChI=1S/C8H19N3O/c1-8(2,3)5-6-12-11-7(9)10-4/h5-6H2,1-4H3,(H3,9,10,11). The topological polar surface area (TPSA) is 57.1 Å². The number of guanidine groups is 1. The predicted octanol–water partition coefficient (Wildman–Crippen LogP) is 1.10. The number of nitrogens with one attached hydrogen (secondary N) is 3. The Morgan fingerprint density at radius 1 is 1.42 bits per heavy atom. The lowest BCUT2D eigenvalue weighted by atomic mass is 9.93. The molecule has 0 heterocycles. The van der Waals surface area contributed by atoms with Crippen LogP contribution in [-0.4, -0.2) is 19.6 Å². The quantitative estimate of drug-likeness (QED) is 0.259. The highest BCUT2D eigenvalue weighted by molar-refractivity contribution is 5.74. The molecular weight excluding hydrogens is 154 g/mol. The molecule has 12 heavy (non-hydrogen) atoms. The molecule has 0 saturated heterocycles. The van der Waals surface area contributed by atoms with E-state index in [0.29, 0.717) is 6.61 Å². The molecule has 0 aromatic rings. The Morgan fingerprint density at radius 3 is 2.42 bits per heavy atom. The molecular formula is C8H19N3O. The van der Waals surface area contributed by atoms with Crippen LogP contribution in [0.5, 0.6) is 0 Å². The Hall–Kier alpha value is -0.770. The summed E-state index contributed by atoms with van der Waals surface area (Å²) >= 11 is 0. The van der Waals surface area contributed by atoms with Crippen molar-refractivity contribution in [2.24, 2.45) is 5.41 Å². The zero-order chi connectivity index (χ0) is 9.61. The van der Waals surface area contributed by atoms with Crippen molar-refractivity contribution < 1.29 is 4.84 Å². The molecule has 0 aliphatic carbocycles. The van der Waals surface area contributed by atoms with E-state index in [2.05, 4.69) is 31.6 Å². The van der Waals surface area contributed by atoms with Crippen molar-refractivity contribution in [2.45, 2.75) is 27.2 Å². The third-order valence-electron chi connectivity index (χ3n) is 1.38. The van der Waals surface area contributed by atoms with Gasteiger partial charge in [-0.15, -0.1) is 0 Å². The summed E-state index contributed by atoms with van der Waals surface area (Å²) in [4.78, 5) is 5.03. The normalized spacial score (nSPS) is 11.0. The van der Waals surface area contributed by atoms with Crippen molar-refractivity contribution >= 4 is 5.96 Å². The number of rotatable bonds is 3. The lowest BCUT2D eigenvalue weighted by molar-refractivity contribution is 0.0625. The molecule has 0 bridgehead atoms. The fourth-order valence-corrected chi connectivity index (χ4v) is 0.531. The molecule has 4 nitrogen and oxygen atoms in total. The zero-order valence-corrected chi connectivity index (χ0v) is 8.32. The highest BCUT2D eigenvalue weighted by Gasteiger charge is 2.09. The van der Waals surface area contributed by atoms with E-state index in [-0.39, 0.29) is 11.4 Å². The summed E-state index contributed by atoms with van der Waals surface area (Å²) in [5.74, 6) is 0.184. The summed E-state index contributed by atoms with van der Waals surface area (Å²) in [5, 5.41) is 9.73. The summed E-state index contributed by atoms with van der Waals surface area (Å²) in [6.07, 6.45) is 0.969. The summed E-state index contributed by atoms with van der Waals surface area (Å²) < 4.78 is 0. The van der Waals surface area contributed by atoms with E-state index in [4.69, 9.17) is 10.2 Å². The highest BCUT2D eigenvalue weighted by Crippen LogP contribution is 2.17. The molecule has 0 aromatic carbocycles. The Balaban J connectivity index is 3.28. The van der Waals surface area contributed by atoms with Gasteiger partial charge in [-0.05, 0) is 11.8 Å². The van der Waals surface area contributed by atoms with Crippen LogP contribution < -0.4 is 10.8 Å². The van der Waals surface area contributed by atoms with Crippen molar-refractivity contribution in [3.05, 3.63) is 0 Å². The lowest BCUT2D eigenvalue weighted by Gasteiger charge is -2.17. The minimum atomic E-state index is 0.184. The second-order valence-corrected chi connectivity index (χ2v) is 3.89. The van der Waals surface area contributed by atoms with Gasteiger partial charge < -0.3 is 5.32 Å². The molecule has 0 unspecified atom stereocenters. The van der Waals surface area contributed by atoms with Crippen molar-refractivity contribution in [1.82, 2.24) is 10.8 Å². The van der Waals surface area contributed by atoms with E-state index >= 15 is 0 Å². The minimum Gasteiger partial charge on any atom is -0.358 e. The van der Waals surface area contributed by atoms with Crippen LogP contribution in [0.4, 0.5) is 0 Å². The molecule has 0 aliphatic rings. The monoisotopic (exact) mass is 173 g/mol. The van der Waals surface area contributed by atoms with Gasteiger partial charge in [0.15, 0.2) is 0 Å². The molecule has 0 fully saturated rings. The van der Waals surface area contributed by atoms with Gasteiger partial charge in [0.05, 0.1) is 6.61 Å². The van der Waals surface area contributed by atoms with Crippen LogP contribution in [0.1, 0.15) is 27.2 Å². The SMILES string of the molecule is CNC(=N)NOCCC(C)(C)C. The Bertz CT molecular complexity index is 140. The van der Waals surface area contributed by atoms with Gasteiger partial charge >= 0.3 is 0 Å². The van der Waals surface area contributed by atoms with E-state index in [1.54, 1.807) is 7.05 Å². The number of hydrogen-bond donors (Lipinski definition) is 3. The van der Waals surface area contributed by atoms with Crippen LogP contribution in [0.2, 0.25) is 0 Å². The third kappa shape index (κ3) is 7.34. The van der Waals surface area contributed by atoms with Gasteiger partial charge in [0.1, 0.15) is 0 Å². The van der Waals surface area contributed by atoms with Crippen molar-refractivity contribution in [1.29, 1.82) is 5.41 Å². The average Bonchev–Trinajstić information content (AvgIpc) is 1.96. The van der Waals surface area contributed by atoms with Gasteiger partial charge in [0.2, 0.25) is 5.96 Å². The Labute approximate surface area is 74.1 Å². The molecule has 3 N–H and O–H groups in total. The number of hydroxylamine groups is 1. The molecule has 0 rings (SSSR count). The third-order valence-corrected chi connectivity index (χ3v) is 1.38. The fraction of sp³-hybridized carbons (Fsp3) is 0.875. The van der Waals surface area contributed by atoms with Crippen LogP contribution >= 0.6 is 0 Å². The minimum absolute atomic E-state index is 0.184. The van der Waals surface area contributed by atoms with E-state index in [1.807, 2.05) is 0 Å². The second-order valence-electron chi connectivity index (χ2n) is 3.89. The number of hydrogen-bond acceptors (Lipinski definition) is 2. The molecule has 4 heteroatoms. The first kappa shape index (κ1) is 11.2. The van der Waals surface area contributed by atoms with Crippen molar-refractivity contribution in [3.63, 3.8) is 0 Å². The first-order valence-electron chi connectivity index (χ1n) is 4.10. The zero-order valence-electron chi connectivity index (χ0n) is 8.32. The first-order chi connectivity index (χ1) is 5.45. The van der Waals surface area contributed by atoms with E-state index in [0.717, 1.165) is 6.42 Å². The molecule has 0 radical (unpaired) electrons.